The van der Waals surface area contributed by atoms with Crippen molar-refractivity contribution >= 4 is 23.1 Å². The maximum Gasteiger partial charge on any atom is 0.135 e. The van der Waals surface area contributed by atoms with Crippen LogP contribution < -0.4 is 5.32 Å². The highest BCUT2D eigenvalue weighted by molar-refractivity contribution is 6.29. The Morgan fingerprint density at radius 3 is 2.42 bits per heavy atom. The van der Waals surface area contributed by atoms with Crippen molar-refractivity contribution in [3.8, 4) is 0 Å². The molecule has 0 aliphatic heterocycles. The maximum absolute atomic E-state index is 5.97. The largest absolute Gasteiger partial charge is 0.340 e. The van der Waals surface area contributed by atoms with Crippen LogP contribution in [-0.2, 0) is 6.42 Å². The number of nitrogens with zero attached hydrogens (tertiary/aromatic N) is 2. The van der Waals surface area contributed by atoms with E-state index in [1.807, 2.05) is 6.92 Å². The second kappa shape index (κ2) is 6.02. The highest BCUT2D eigenvalue weighted by Crippen LogP contribution is 2.21. The molecule has 19 heavy (non-hydrogen) atoms. The van der Waals surface area contributed by atoms with E-state index >= 15 is 0 Å². The normalized spacial score (nSPS) is 10.8. The Bertz CT molecular complexity index is 550. The molecule has 2 aromatic rings. The van der Waals surface area contributed by atoms with Crippen LogP contribution in [0, 0.1) is 0 Å². The third kappa shape index (κ3) is 3.67. The van der Waals surface area contributed by atoms with Gasteiger partial charge in [-0.1, -0.05) is 44.5 Å². The average molecular weight is 276 g/mol. The molecular weight excluding hydrogens is 258 g/mol. The Labute approximate surface area is 119 Å². The lowest BCUT2D eigenvalue weighted by Crippen LogP contribution is -1.99. The third-order valence-electron chi connectivity index (χ3n) is 2.91. The molecule has 4 heteroatoms. The van der Waals surface area contributed by atoms with Crippen molar-refractivity contribution < 1.29 is 0 Å². The molecule has 0 bridgehead atoms. The van der Waals surface area contributed by atoms with Crippen molar-refractivity contribution in [1.29, 1.82) is 0 Å². The highest BCUT2D eigenvalue weighted by atomic mass is 35.5. The fourth-order valence-corrected chi connectivity index (χ4v) is 1.99. The van der Waals surface area contributed by atoms with Gasteiger partial charge in [0, 0.05) is 18.2 Å². The number of hydrogen-bond donors (Lipinski definition) is 1. The average Bonchev–Trinajstić information content (AvgIpc) is 2.38. The molecule has 0 aliphatic carbocycles. The van der Waals surface area contributed by atoms with E-state index in [1.54, 1.807) is 6.07 Å². The summed E-state index contributed by atoms with van der Waals surface area (Å²) in [4.78, 5) is 8.54. The molecule has 0 aliphatic rings. The van der Waals surface area contributed by atoms with Crippen molar-refractivity contribution in [2.75, 3.05) is 5.32 Å². The van der Waals surface area contributed by atoms with Crippen LogP contribution in [0.3, 0.4) is 0 Å². The second-order valence-corrected chi connectivity index (χ2v) is 5.13. The number of anilines is 2. The number of benzene rings is 1. The van der Waals surface area contributed by atoms with Crippen LogP contribution in [-0.4, -0.2) is 9.97 Å². The van der Waals surface area contributed by atoms with E-state index in [4.69, 9.17) is 11.6 Å². The molecule has 0 radical (unpaired) electrons. The Kier molecular flexibility index (Phi) is 4.38. The lowest BCUT2D eigenvalue weighted by atomic mass is 10.0. The summed E-state index contributed by atoms with van der Waals surface area (Å²) >= 11 is 5.97. The maximum atomic E-state index is 5.97. The lowest BCUT2D eigenvalue weighted by molar-refractivity contribution is 0.867. The summed E-state index contributed by atoms with van der Waals surface area (Å²) in [5, 5.41) is 3.72. The first-order valence-corrected chi connectivity index (χ1v) is 6.86. The third-order valence-corrected chi connectivity index (χ3v) is 3.10. The zero-order valence-corrected chi connectivity index (χ0v) is 12.2. The summed E-state index contributed by atoms with van der Waals surface area (Å²) in [7, 11) is 0. The zero-order valence-electron chi connectivity index (χ0n) is 11.4. The van der Waals surface area contributed by atoms with Crippen LogP contribution in [0.2, 0.25) is 5.15 Å². The topological polar surface area (TPSA) is 37.8 Å². The highest BCUT2D eigenvalue weighted by Gasteiger charge is 2.03. The first-order chi connectivity index (χ1) is 9.08. The van der Waals surface area contributed by atoms with Gasteiger partial charge in [-0.25, -0.2) is 9.97 Å². The lowest BCUT2D eigenvalue weighted by Gasteiger charge is -2.09. The van der Waals surface area contributed by atoms with Crippen molar-refractivity contribution in [1.82, 2.24) is 9.97 Å². The van der Waals surface area contributed by atoms with E-state index in [2.05, 4.69) is 53.4 Å². The molecule has 0 saturated carbocycles. The summed E-state index contributed by atoms with van der Waals surface area (Å²) in [6, 6.07) is 10.1. The summed E-state index contributed by atoms with van der Waals surface area (Å²) in [6.45, 7) is 6.37. The van der Waals surface area contributed by atoms with Gasteiger partial charge in [-0.15, -0.1) is 0 Å². The van der Waals surface area contributed by atoms with E-state index in [-0.39, 0.29) is 0 Å². The van der Waals surface area contributed by atoms with Crippen LogP contribution in [0.15, 0.2) is 30.3 Å². The molecule has 0 fully saturated rings. The van der Waals surface area contributed by atoms with E-state index in [0.29, 0.717) is 11.1 Å². The van der Waals surface area contributed by atoms with E-state index < -0.39 is 0 Å². The summed E-state index contributed by atoms with van der Waals surface area (Å²) in [6.07, 6.45) is 0.765. The van der Waals surface area contributed by atoms with Crippen LogP contribution in [0.1, 0.15) is 38.1 Å². The van der Waals surface area contributed by atoms with Crippen LogP contribution in [0.4, 0.5) is 11.5 Å². The number of aryl methyl sites for hydroxylation is 1. The van der Waals surface area contributed by atoms with Gasteiger partial charge in [0.2, 0.25) is 0 Å². The quantitative estimate of drug-likeness (QED) is 0.831. The molecule has 0 saturated heterocycles. The van der Waals surface area contributed by atoms with Crippen molar-refractivity contribution in [3.05, 3.63) is 46.9 Å². The molecule has 0 unspecified atom stereocenters. The van der Waals surface area contributed by atoms with Gasteiger partial charge in [-0.2, -0.15) is 0 Å². The summed E-state index contributed by atoms with van der Waals surface area (Å²) in [5.74, 6) is 2.01. The molecular formula is C15H18ClN3. The van der Waals surface area contributed by atoms with Gasteiger partial charge >= 0.3 is 0 Å². The Balaban J connectivity index is 2.18. The van der Waals surface area contributed by atoms with Gasteiger partial charge in [0.15, 0.2) is 0 Å². The van der Waals surface area contributed by atoms with Gasteiger partial charge in [-0.05, 0) is 23.6 Å². The van der Waals surface area contributed by atoms with E-state index in [1.165, 1.54) is 5.56 Å². The van der Waals surface area contributed by atoms with Crippen LogP contribution in [0.25, 0.3) is 0 Å². The van der Waals surface area contributed by atoms with Gasteiger partial charge in [-0.3, -0.25) is 0 Å². The van der Waals surface area contributed by atoms with Crippen LogP contribution >= 0.6 is 11.6 Å². The monoisotopic (exact) mass is 275 g/mol. The molecule has 3 nitrogen and oxygen atoms in total. The first-order valence-electron chi connectivity index (χ1n) is 6.49. The molecule has 0 atom stereocenters. The number of rotatable bonds is 4. The van der Waals surface area contributed by atoms with Crippen molar-refractivity contribution in [3.63, 3.8) is 0 Å². The summed E-state index contributed by atoms with van der Waals surface area (Å²) in [5.41, 5.74) is 2.32. The molecule has 1 N–H and O–H groups in total. The molecule has 0 amide bonds. The van der Waals surface area contributed by atoms with Gasteiger partial charge in [0.25, 0.3) is 0 Å². The predicted octanol–water partition coefficient (Wildman–Crippen LogP) is 4.56. The molecule has 0 spiro atoms. The van der Waals surface area contributed by atoms with Crippen molar-refractivity contribution in [2.24, 2.45) is 0 Å². The number of halogens is 1. The minimum absolute atomic E-state index is 0.466. The SMILES string of the molecule is CCc1nc(Cl)cc(Nc2ccc(C(C)C)cc2)n1. The summed E-state index contributed by atoms with van der Waals surface area (Å²) < 4.78 is 0. The fourth-order valence-electron chi connectivity index (χ4n) is 1.79. The predicted molar refractivity (Wildman–Crippen MR) is 80.2 cm³/mol. The van der Waals surface area contributed by atoms with E-state index in [9.17, 15) is 0 Å². The standard InChI is InChI=1S/C15H18ClN3/c1-4-14-18-13(16)9-15(19-14)17-12-7-5-11(6-8-12)10(2)3/h5-10H,4H2,1-3H3,(H,17,18,19). The van der Waals surface area contributed by atoms with Crippen molar-refractivity contribution in [2.45, 2.75) is 33.1 Å². The molecule has 100 valence electrons. The molecule has 1 aromatic carbocycles. The Hall–Kier alpha value is -1.61. The smallest absolute Gasteiger partial charge is 0.135 e. The molecule has 1 aromatic heterocycles. The second-order valence-electron chi connectivity index (χ2n) is 4.75. The first kappa shape index (κ1) is 13.8. The Morgan fingerprint density at radius 1 is 1.16 bits per heavy atom. The minimum Gasteiger partial charge on any atom is -0.340 e. The number of nitrogens with one attached hydrogen (secondary N) is 1. The number of aromatic nitrogens is 2. The Morgan fingerprint density at radius 2 is 1.84 bits per heavy atom. The van der Waals surface area contributed by atoms with Gasteiger partial charge in [0.05, 0.1) is 0 Å². The van der Waals surface area contributed by atoms with E-state index in [0.717, 1.165) is 23.8 Å². The number of hydrogen-bond acceptors (Lipinski definition) is 3. The van der Waals surface area contributed by atoms with Crippen LogP contribution in [0.5, 0.6) is 0 Å². The van der Waals surface area contributed by atoms with Gasteiger partial charge in [0.1, 0.15) is 16.8 Å². The molecule has 1 heterocycles. The zero-order chi connectivity index (χ0) is 13.8. The van der Waals surface area contributed by atoms with Gasteiger partial charge < -0.3 is 5.32 Å². The fraction of sp³-hybridized carbons (Fsp3) is 0.333. The minimum atomic E-state index is 0.466. The molecule has 2 rings (SSSR count).